The van der Waals surface area contributed by atoms with Crippen LogP contribution < -0.4 is 16.4 Å². The van der Waals surface area contributed by atoms with Crippen LogP contribution in [0.25, 0.3) is 16.7 Å². The van der Waals surface area contributed by atoms with Crippen molar-refractivity contribution in [2.45, 2.75) is 53.0 Å². The molecule has 0 bridgehead atoms. The Hall–Kier alpha value is -2.96. The van der Waals surface area contributed by atoms with E-state index in [4.69, 9.17) is 10.4 Å². The summed E-state index contributed by atoms with van der Waals surface area (Å²) >= 11 is 0. The fourth-order valence-corrected chi connectivity index (χ4v) is 3.28. The number of rotatable bonds is 7. The second-order valence-corrected chi connectivity index (χ2v) is 7.06. The molecule has 0 saturated carbocycles. The van der Waals surface area contributed by atoms with Gasteiger partial charge in [-0.05, 0) is 37.5 Å². The molecule has 0 radical (unpaired) electrons. The second-order valence-electron chi connectivity index (χ2n) is 7.06. The van der Waals surface area contributed by atoms with Crippen molar-refractivity contribution in [3.8, 4) is 0 Å². The third kappa shape index (κ3) is 3.56. The van der Waals surface area contributed by atoms with Gasteiger partial charge < -0.3 is 9.88 Å². The molecular weight excluding hydrogens is 354 g/mol. The van der Waals surface area contributed by atoms with Crippen LogP contribution in [-0.4, -0.2) is 26.4 Å². The highest BCUT2D eigenvalue weighted by molar-refractivity contribution is 5.96. The average Bonchev–Trinajstić information content (AvgIpc) is 2.68. The molecule has 3 heterocycles. The van der Waals surface area contributed by atoms with E-state index in [0.29, 0.717) is 29.8 Å². The van der Waals surface area contributed by atoms with Crippen molar-refractivity contribution >= 4 is 22.6 Å². The molecule has 0 spiro atoms. The van der Waals surface area contributed by atoms with E-state index >= 15 is 0 Å². The lowest BCUT2D eigenvalue weighted by Crippen LogP contribution is -2.35. The number of unbranched alkanes of at least 4 members (excludes halogenated alkanes) is 2. The van der Waals surface area contributed by atoms with Crippen LogP contribution in [0.5, 0.6) is 0 Å². The highest BCUT2D eigenvalue weighted by Crippen LogP contribution is 2.13. The van der Waals surface area contributed by atoms with Gasteiger partial charge in [-0.3, -0.25) is 19.4 Å². The summed E-state index contributed by atoms with van der Waals surface area (Å²) in [5.41, 5.74) is 2.01. The number of pyridine rings is 2. The first kappa shape index (κ1) is 19.8. The van der Waals surface area contributed by atoms with E-state index in [2.05, 4.69) is 19.2 Å². The molecule has 0 aliphatic carbocycles. The Morgan fingerprint density at radius 1 is 1.21 bits per heavy atom. The first-order valence-electron chi connectivity index (χ1n) is 9.87. The molecule has 3 aromatic rings. The monoisotopic (exact) mass is 381 g/mol. The maximum absolute atomic E-state index is 13.1. The zero-order valence-electron chi connectivity index (χ0n) is 16.7. The van der Waals surface area contributed by atoms with E-state index < -0.39 is 0 Å². The predicted octanol–water partition coefficient (Wildman–Crippen LogP) is 2.77. The Bertz CT molecular complexity index is 1140. The highest BCUT2D eigenvalue weighted by Gasteiger charge is 2.17. The zero-order valence-corrected chi connectivity index (χ0v) is 16.7. The standard InChI is InChI=1S/C21H27N5O2/c1-4-6-10-23-20(27)15-13-16-19(25(17(15)22)11-7-5-2)24-18-14(3)9-8-12-26(18)21(16)28/h8-9,12-13,22H,4-7,10-11H2,1-3H3,(H,23,27). The van der Waals surface area contributed by atoms with Crippen molar-refractivity contribution in [1.29, 1.82) is 5.41 Å². The number of hydrogen-bond acceptors (Lipinski definition) is 4. The molecular formula is C21H27N5O2. The van der Waals surface area contributed by atoms with Gasteiger partial charge in [-0.15, -0.1) is 0 Å². The van der Waals surface area contributed by atoms with E-state index in [1.54, 1.807) is 16.8 Å². The molecule has 0 aromatic carbocycles. The number of amides is 1. The summed E-state index contributed by atoms with van der Waals surface area (Å²) in [6.07, 6.45) is 5.30. The van der Waals surface area contributed by atoms with E-state index in [-0.39, 0.29) is 22.5 Å². The number of nitrogens with zero attached hydrogens (tertiary/aromatic N) is 3. The maximum atomic E-state index is 13.1. The molecule has 7 heteroatoms. The minimum atomic E-state index is -0.320. The molecule has 0 fully saturated rings. The molecule has 3 rings (SSSR count). The largest absolute Gasteiger partial charge is 0.352 e. The minimum Gasteiger partial charge on any atom is -0.352 e. The lowest BCUT2D eigenvalue weighted by Gasteiger charge is -2.15. The zero-order chi connectivity index (χ0) is 20.3. The van der Waals surface area contributed by atoms with Crippen LogP contribution in [0, 0.1) is 12.3 Å². The number of aryl methyl sites for hydroxylation is 2. The Morgan fingerprint density at radius 2 is 1.96 bits per heavy atom. The topological polar surface area (TPSA) is 92.2 Å². The number of carbonyl (C=O) groups excluding carboxylic acids is 1. The van der Waals surface area contributed by atoms with E-state index in [1.807, 2.05) is 13.0 Å². The third-order valence-electron chi connectivity index (χ3n) is 4.93. The van der Waals surface area contributed by atoms with Crippen LogP contribution in [0.3, 0.4) is 0 Å². The summed E-state index contributed by atoms with van der Waals surface area (Å²) in [7, 11) is 0. The number of nitrogens with one attached hydrogen (secondary N) is 2. The van der Waals surface area contributed by atoms with Crippen LogP contribution in [0.2, 0.25) is 0 Å². The fraction of sp³-hybridized carbons (Fsp3) is 0.429. The first-order chi connectivity index (χ1) is 13.5. The summed E-state index contributed by atoms with van der Waals surface area (Å²) in [6.45, 7) is 7.11. The van der Waals surface area contributed by atoms with Crippen molar-refractivity contribution < 1.29 is 4.79 Å². The van der Waals surface area contributed by atoms with Crippen molar-refractivity contribution in [2.24, 2.45) is 0 Å². The van der Waals surface area contributed by atoms with Gasteiger partial charge in [0.15, 0.2) is 0 Å². The van der Waals surface area contributed by atoms with E-state index in [0.717, 1.165) is 31.2 Å². The van der Waals surface area contributed by atoms with Crippen LogP contribution in [0.1, 0.15) is 55.5 Å². The first-order valence-corrected chi connectivity index (χ1v) is 9.87. The molecule has 0 saturated heterocycles. The van der Waals surface area contributed by atoms with Crippen molar-refractivity contribution in [2.75, 3.05) is 6.54 Å². The van der Waals surface area contributed by atoms with Crippen molar-refractivity contribution in [3.63, 3.8) is 0 Å². The Kier molecular flexibility index (Phi) is 5.92. The summed E-state index contributed by atoms with van der Waals surface area (Å²) in [5.74, 6) is -0.320. The molecule has 0 unspecified atom stereocenters. The van der Waals surface area contributed by atoms with Gasteiger partial charge in [0.05, 0.1) is 10.9 Å². The smallest absolute Gasteiger partial charge is 0.267 e. The van der Waals surface area contributed by atoms with Gasteiger partial charge in [0.2, 0.25) is 0 Å². The molecule has 0 aliphatic heterocycles. The normalized spacial score (nSPS) is 11.2. The van der Waals surface area contributed by atoms with Gasteiger partial charge >= 0.3 is 0 Å². The second kappa shape index (κ2) is 8.37. The van der Waals surface area contributed by atoms with Gasteiger partial charge in [0, 0.05) is 19.3 Å². The van der Waals surface area contributed by atoms with Crippen molar-refractivity contribution in [3.05, 3.63) is 51.4 Å². The van der Waals surface area contributed by atoms with Gasteiger partial charge in [0.1, 0.15) is 16.8 Å². The van der Waals surface area contributed by atoms with Gasteiger partial charge in [-0.2, -0.15) is 0 Å². The third-order valence-corrected chi connectivity index (χ3v) is 4.93. The molecule has 0 aliphatic rings. The summed E-state index contributed by atoms with van der Waals surface area (Å²) in [4.78, 5) is 30.5. The van der Waals surface area contributed by atoms with Gasteiger partial charge in [-0.25, -0.2) is 4.98 Å². The summed E-state index contributed by atoms with van der Waals surface area (Å²) in [6, 6.07) is 5.23. The quantitative estimate of drug-likeness (QED) is 0.487. The lowest BCUT2D eigenvalue weighted by molar-refractivity contribution is 0.0950. The van der Waals surface area contributed by atoms with Crippen LogP contribution >= 0.6 is 0 Å². The lowest BCUT2D eigenvalue weighted by atomic mass is 10.1. The number of aromatic nitrogens is 3. The van der Waals surface area contributed by atoms with Gasteiger partial charge in [-0.1, -0.05) is 32.8 Å². The number of fused-ring (bicyclic) bond motifs is 2. The number of carbonyl (C=O) groups is 1. The summed E-state index contributed by atoms with van der Waals surface area (Å²) in [5, 5.41) is 11.8. The highest BCUT2D eigenvalue weighted by atomic mass is 16.1. The minimum absolute atomic E-state index is 0.0970. The molecule has 2 N–H and O–H groups in total. The molecule has 28 heavy (non-hydrogen) atoms. The van der Waals surface area contributed by atoms with E-state index in [9.17, 15) is 9.59 Å². The van der Waals surface area contributed by atoms with Crippen molar-refractivity contribution in [1.82, 2.24) is 19.3 Å². The average molecular weight is 381 g/mol. The van der Waals surface area contributed by atoms with Crippen LogP contribution in [-0.2, 0) is 6.54 Å². The van der Waals surface area contributed by atoms with Gasteiger partial charge in [0.25, 0.3) is 11.5 Å². The summed E-state index contributed by atoms with van der Waals surface area (Å²) < 4.78 is 3.20. The molecule has 1 amide bonds. The van der Waals surface area contributed by atoms with Crippen LogP contribution in [0.4, 0.5) is 0 Å². The fourth-order valence-electron chi connectivity index (χ4n) is 3.28. The molecule has 0 atom stereocenters. The Balaban J connectivity index is 2.29. The van der Waals surface area contributed by atoms with E-state index in [1.165, 1.54) is 10.5 Å². The number of hydrogen-bond donors (Lipinski definition) is 2. The SMILES string of the molecule is CCCCNC(=O)c1cc2c(=O)n3cccc(C)c3nc2n(CCCC)c1=N. The Morgan fingerprint density at radius 3 is 2.68 bits per heavy atom. The molecule has 7 nitrogen and oxygen atoms in total. The predicted molar refractivity (Wildman–Crippen MR) is 110 cm³/mol. The van der Waals surface area contributed by atoms with Crippen LogP contribution in [0.15, 0.2) is 29.2 Å². The molecule has 148 valence electrons. The maximum Gasteiger partial charge on any atom is 0.267 e. The molecule has 3 aromatic heterocycles. The Labute approximate surface area is 163 Å².